The van der Waals surface area contributed by atoms with Crippen LogP contribution in [0.4, 0.5) is 19.0 Å². The molecule has 1 aliphatic heterocycles. The van der Waals surface area contributed by atoms with Crippen LogP contribution in [0.2, 0.25) is 0 Å². The number of halogens is 3. The summed E-state index contributed by atoms with van der Waals surface area (Å²) in [5.74, 6) is 0.635. The zero-order valence-corrected chi connectivity index (χ0v) is 15.6. The van der Waals surface area contributed by atoms with E-state index >= 15 is 0 Å². The monoisotopic (exact) mass is 384 g/mol. The largest absolute Gasteiger partial charge is 0.419 e. The van der Waals surface area contributed by atoms with Crippen molar-refractivity contribution < 1.29 is 18.0 Å². The molecule has 1 aromatic rings. The maximum absolute atomic E-state index is 13.2. The van der Waals surface area contributed by atoms with E-state index in [9.17, 15) is 18.0 Å². The number of pyridine rings is 1. The number of carbonyl (C=O) groups excluding carboxylic acids is 1. The Morgan fingerprint density at radius 1 is 1.26 bits per heavy atom. The van der Waals surface area contributed by atoms with Gasteiger partial charge in [-0.15, -0.1) is 0 Å². The van der Waals surface area contributed by atoms with E-state index in [1.54, 1.807) is 4.90 Å². The highest BCUT2D eigenvalue weighted by Crippen LogP contribution is 2.35. The summed E-state index contributed by atoms with van der Waals surface area (Å²) in [5.41, 5.74) is -0.706. The first kappa shape index (κ1) is 19.9. The lowest BCUT2D eigenvalue weighted by atomic mass is 9.87. The van der Waals surface area contributed by atoms with Crippen molar-refractivity contribution in [3.63, 3.8) is 0 Å². The van der Waals surface area contributed by atoms with E-state index < -0.39 is 11.7 Å². The molecule has 0 bridgehead atoms. The van der Waals surface area contributed by atoms with Gasteiger partial charge in [0.25, 0.3) is 0 Å². The highest BCUT2D eigenvalue weighted by molar-refractivity contribution is 5.78. The van der Waals surface area contributed by atoms with Gasteiger partial charge in [0.15, 0.2) is 0 Å². The minimum absolute atomic E-state index is 0.0105. The summed E-state index contributed by atoms with van der Waals surface area (Å²) >= 11 is 0. The predicted molar refractivity (Wildman–Crippen MR) is 97.5 cm³/mol. The minimum Gasteiger partial charge on any atom is -0.354 e. The van der Waals surface area contributed by atoms with Crippen molar-refractivity contribution in [3.8, 4) is 0 Å². The minimum atomic E-state index is -4.42. The van der Waals surface area contributed by atoms with Gasteiger partial charge in [-0.1, -0.05) is 19.8 Å². The third-order valence-electron chi connectivity index (χ3n) is 5.43. The number of aromatic nitrogens is 1. The van der Waals surface area contributed by atoms with Crippen LogP contribution in [-0.4, -0.2) is 54.6 Å². The maximum atomic E-state index is 13.2. The number of anilines is 1. The van der Waals surface area contributed by atoms with Crippen molar-refractivity contribution in [1.29, 1.82) is 0 Å². The molecule has 0 spiro atoms. The van der Waals surface area contributed by atoms with Gasteiger partial charge >= 0.3 is 6.18 Å². The molecule has 2 fully saturated rings. The lowest BCUT2D eigenvalue weighted by Crippen LogP contribution is -2.51. The second-order valence-corrected chi connectivity index (χ2v) is 7.67. The fourth-order valence-electron chi connectivity index (χ4n) is 4.03. The molecule has 3 rings (SSSR count). The van der Waals surface area contributed by atoms with E-state index in [0.29, 0.717) is 38.6 Å². The van der Waals surface area contributed by atoms with Crippen LogP contribution in [0.1, 0.15) is 38.2 Å². The molecule has 1 N–H and O–H groups in total. The molecule has 5 nitrogen and oxygen atoms in total. The summed E-state index contributed by atoms with van der Waals surface area (Å²) < 4.78 is 39.5. The molecule has 150 valence electrons. The number of rotatable bonds is 4. The van der Waals surface area contributed by atoms with Crippen molar-refractivity contribution in [1.82, 2.24) is 15.2 Å². The molecule has 2 atom stereocenters. The zero-order chi connectivity index (χ0) is 19.4. The Balaban J connectivity index is 1.50. The topological polar surface area (TPSA) is 48.5 Å². The first-order valence-electron chi connectivity index (χ1n) is 9.62. The second-order valence-electron chi connectivity index (χ2n) is 7.67. The van der Waals surface area contributed by atoms with Gasteiger partial charge in [-0.3, -0.25) is 9.69 Å². The number of carbonyl (C=O) groups is 1. The summed E-state index contributed by atoms with van der Waals surface area (Å²) in [6, 6.07) is 2.62. The van der Waals surface area contributed by atoms with Gasteiger partial charge in [0.05, 0.1) is 12.1 Å². The van der Waals surface area contributed by atoms with E-state index in [1.165, 1.54) is 18.7 Å². The summed E-state index contributed by atoms with van der Waals surface area (Å²) in [4.78, 5) is 19.9. The van der Waals surface area contributed by atoms with E-state index in [1.807, 2.05) is 4.90 Å². The fourth-order valence-corrected chi connectivity index (χ4v) is 4.03. The smallest absolute Gasteiger partial charge is 0.354 e. The van der Waals surface area contributed by atoms with Crippen LogP contribution in [-0.2, 0) is 11.0 Å². The average Bonchev–Trinajstić information content (AvgIpc) is 2.61. The molecule has 0 aromatic carbocycles. The number of alkyl halides is 3. The number of nitrogens with zero attached hydrogens (tertiary/aromatic N) is 3. The lowest BCUT2D eigenvalue weighted by molar-refractivity contribution is -0.137. The van der Waals surface area contributed by atoms with Gasteiger partial charge in [0, 0.05) is 38.4 Å². The standard InChI is InChI=1S/C19H27F3N4O/c1-14-4-2-5-15(12-14)24-17(27)13-25-8-10-26(11-9-25)18-16(19(20,21)22)6-3-7-23-18/h3,6-7,14-15H,2,4-5,8-13H2,1H3,(H,24,27). The third-order valence-corrected chi connectivity index (χ3v) is 5.43. The van der Waals surface area contributed by atoms with Gasteiger partial charge in [0.1, 0.15) is 5.82 Å². The molecule has 2 aliphatic rings. The first-order chi connectivity index (χ1) is 12.8. The molecule has 27 heavy (non-hydrogen) atoms. The third kappa shape index (κ3) is 5.34. The Labute approximate surface area is 157 Å². The van der Waals surface area contributed by atoms with Crippen molar-refractivity contribution in [2.24, 2.45) is 5.92 Å². The number of hydrogen-bond donors (Lipinski definition) is 1. The summed E-state index contributed by atoms with van der Waals surface area (Å²) in [6.45, 7) is 4.45. The van der Waals surface area contributed by atoms with E-state index in [4.69, 9.17) is 0 Å². The van der Waals surface area contributed by atoms with E-state index in [0.717, 1.165) is 25.3 Å². The molecular weight excluding hydrogens is 357 g/mol. The fraction of sp³-hybridized carbons (Fsp3) is 0.684. The molecule has 1 aromatic heterocycles. The van der Waals surface area contributed by atoms with Gasteiger partial charge in [-0.05, 0) is 30.9 Å². The summed E-state index contributed by atoms with van der Waals surface area (Å²) in [5, 5.41) is 3.11. The highest BCUT2D eigenvalue weighted by atomic mass is 19.4. The summed E-state index contributed by atoms with van der Waals surface area (Å²) in [6.07, 6.45) is 1.40. The Kier molecular flexibility index (Phi) is 6.24. The maximum Gasteiger partial charge on any atom is 0.419 e. The van der Waals surface area contributed by atoms with Crippen LogP contribution in [0.5, 0.6) is 0 Å². The first-order valence-corrected chi connectivity index (χ1v) is 9.62. The molecule has 2 unspecified atom stereocenters. The Morgan fingerprint density at radius 3 is 2.67 bits per heavy atom. The van der Waals surface area contributed by atoms with Crippen LogP contribution >= 0.6 is 0 Å². The Hall–Kier alpha value is -1.83. The van der Waals surface area contributed by atoms with Crippen LogP contribution < -0.4 is 10.2 Å². The SMILES string of the molecule is CC1CCCC(NC(=O)CN2CCN(c3ncccc3C(F)(F)F)CC2)C1. The second kappa shape index (κ2) is 8.46. The Bertz CT molecular complexity index is 644. The van der Waals surface area contributed by atoms with Crippen molar-refractivity contribution in [2.45, 2.75) is 44.8 Å². The quantitative estimate of drug-likeness (QED) is 0.867. The van der Waals surface area contributed by atoms with Crippen LogP contribution in [0, 0.1) is 5.92 Å². The lowest BCUT2D eigenvalue weighted by Gasteiger charge is -2.36. The summed E-state index contributed by atoms with van der Waals surface area (Å²) in [7, 11) is 0. The van der Waals surface area contributed by atoms with E-state index in [2.05, 4.69) is 17.2 Å². The molecule has 1 saturated heterocycles. The number of amides is 1. The van der Waals surface area contributed by atoms with Crippen molar-refractivity contribution in [2.75, 3.05) is 37.6 Å². The van der Waals surface area contributed by atoms with Gasteiger partial charge in [-0.2, -0.15) is 13.2 Å². The molecule has 8 heteroatoms. The number of nitrogens with one attached hydrogen (secondary N) is 1. The Morgan fingerprint density at radius 2 is 2.00 bits per heavy atom. The highest BCUT2D eigenvalue weighted by Gasteiger charge is 2.36. The van der Waals surface area contributed by atoms with Gasteiger partial charge in [0.2, 0.25) is 5.91 Å². The van der Waals surface area contributed by atoms with Crippen molar-refractivity contribution in [3.05, 3.63) is 23.9 Å². The van der Waals surface area contributed by atoms with Crippen LogP contribution in [0.3, 0.4) is 0 Å². The molecule has 1 aliphatic carbocycles. The zero-order valence-electron chi connectivity index (χ0n) is 15.6. The number of hydrogen-bond acceptors (Lipinski definition) is 4. The van der Waals surface area contributed by atoms with Crippen molar-refractivity contribution >= 4 is 11.7 Å². The molecule has 2 heterocycles. The molecule has 1 saturated carbocycles. The predicted octanol–water partition coefficient (Wildman–Crippen LogP) is 2.92. The van der Waals surface area contributed by atoms with Crippen LogP contribution in [0.25, 0.3) is 0 Å². The molecule has 0 radical (unpaired) electrons. The van der Waals surface area contributed by atoms with Gasteiger partial charge < -0.3 is 10.2 Å². The average molecular weight is 384 g/mol. The number of piperazine rings is 1. The normalized spacial score (nSPS) is 24.7. The van der Waals surface area contributed by atoms with Gasteiger partial charge in [-0.25, -0.2) is 4.98 Å². The molecular formula is C19H27F3N4O. The van der Waals surface area contributed by atoms with E-state index in [-0.39, 0.29) is 17.8 Å². The van der Waals surface area contributed by atoms with Crippen LogP contribution in [0.15, 0.2) is 18.3 Å². The molecule has 1 amide bonds.